The zero-order valence-corrected chi connectivity index (χ0v) is 9.48. The zero-order chi connectivity index (χ0) is 11.2. The molecule has 1 heterocycles. The number of benzene rings is 1. The number of phenolic OH excluding ortho intramolecular Hbond substituents is 1. The average molecular weight is 221 g/mol. The first-order chi connectivity index (χ1) is 7.84. The van der Waals surface area contributed by atoms with Gasteiger partial charge in [-0.2, -0.15) is 0 Å². The molecule has 0 aromatic heterocycles. The number of phenols is 1. The maximum atomic E-state index is 9.14. The maximum absolute atomic E-state index is 9.14. The van der Waals surface area contributed by atoms with Gasteiger partial charge < -0.3 is 15.2 Å². The van der Waals surface area contributed by atoms with E-state index in [2.05, 4.69) is 5.32 Å². The molecule has 2 rings (SSSR count). The van der Waals surface area contributed by atoms with Crippen LogP contribution in [0.1, 0.15) is 24.8 Å². The summed E-state index contributed by atoms with van der Waals surface area (Å²) in [6.45, 7) is 2.52. The van der Waals surface area contributed by atoms with Crippen LogP contribution < -0.4 is 5.32 Å². The minimum absolute atomic E-state index is 0.303. The van der Waals surface area contributed by atoms with Gasteiger partial charge in [0.2, 0.25) is 0 Å². The van der Waals surface area contributed by atoms with Gasteiger partial charge in [0.15, 0.2) is 0 Å². The fourth-order valence-electron chi connectivity index (χ4n) is 1.98. The smallest absolute Gasteiger partial charge is 0.115 e. The molecule has 1 saturated heterocycles. The van der Waals surface area contributed by atoms with E-state index in [-0.39, 0.29) is 0 Å². The Balaban J connectivity index is 1.69. The number of piperidine rings is 1. The molecule has 0 amide bonds. The Hall–Kier alpha value is -1.06. The summed E-state index contributed by atoms with van der Waals surface area (Å²) in [6, 6.07) is 7.69. The van der Waals surface area contributed by atoms with Crippen LogP contribution in [0.4, 0.5) is 0 Å². The molecule has 1 aromatic rings. The van der Waals surface area contributed by atoms with Crippen LogP contribution in [0.5, 0.6) is 5.75 Å². The van der Waals surface area contributed by atoms with E-state index in [1.165, 1.54) is 19.3 Å². The highest BCUT2D eigenvalue weighted by molar-refractivity contribution is 5.25. The Morgan fingerprint density at radius 1 is 1.25 bits per heavy atom. The van der Waals surface area contributed by atoms with Crippen molar-refractivity contribution in [3.05, 3.63) is 29.8 Å². The van der Waals surface area contributed by atoms with Crippen LogP contribution in [-0.4, -0.2) is 24.3 Å². The Bertz CT molecular complexity index is 304. The topological polar surface area (TPSA) is 41.5 Å². The minimum Gasteiger partial charge on any atom is -0.508 e. The van der Waals surface area contributed by atoms with Crippen LogP contribution in [-0.2, 0) is 11.3 Å². The highest BCUT2D eigenvalue weighted by Crippen LogP contribution is 2.11. The standard InChI is InChI=1S/C13H19NO2/c15-13-6-4-11(5-7-13)9-16-10-12-3-1-2-8-14-12/h4-7,12,14-15H,1-3,8-10H2. The van der Waals surface area contributed by atoms with E-state index in [0.29, 0.717) is 18.4 Å². The second-order valence-corrected chi connectivity index (χ2v) is 4.33. The highest BCUT2D eigenvalue weighted by atomic mass is 16.5. The molecule has 0 aliphatic carbocycles. The molecule has 16 heavy (non-hydrogen) atoms. The van der Waals surface area contributed by atoms with Gasteiger partial charge in [0, 0.05) is 6.04 Å². The predicted octanol–water partition coefficient (Wildman–Crippen LogP) is 2.05. The molecule has 1 fully saturated rings. The number of hydrogen-bond acceptors (Lipinski definition) is 3. The van der Waals surface area contributed by atoms with Gasteiger partial charge in [0.05, 0.1) is 13.2 Å². The summed E-state index contributed by atoms with van der Waals surface area (Å²) in [7, 11) is 0. The Morgan fingerprint density at radius 3 is 2.75 bits per heavy atom. The van der Waals surface area contributed by atoms with Crippen LogP contribution in [0, 0.1) is 0 Å². The van der Waals surface area contributed by atoms with Gasteiger partial charge in [-0.25, -0.2) is 0 Å². The van der Waals surface area contributed by atoms with Gasteiger partial charge in [0.1, 0.15) is 5.75 Å². The lowest BCUT2D eigenvalue weighted by atomic mass is 10.1. The summed E-state index contributed by atoms with van der Waals surface area (Å²) in [5.74, 6) is 0.303. The molecular formula is C13H19NO2. The van der Waals surface area contributed by atoms with Gasteiger partial charge in [-0.05, 0) is 37.1 Å². The van der Waals surface area contributed by atoms with Crippen LogP contribution in [0.2, 0.25) is 0 Å². The normalized spacial score (nSPS) is 20.9. The Labute approximate surface area is 96.4 Å². The summed E-state index contributed by atoms with van der Waals surface area (Å²) >= 11 is 0. The molecule has 3 heteroatoms. The number of ether oxygens (including phenoxy) is 1. The van der Waals surface area contributed by atoms with Gasteiger partial charge in [-0.3, -0.25) is 0 Å². The van der Waals surface area contributed by atoms with Crippen LogP contribution in [0.3, 0.4) is 0 Å². The van der Waals surface area contributed by atoms with Crippen LogP contribution in [0.25, 0.3) is 0 Å². The predicted molar refractivity (Wildman–Crippen MR) is 63.4 cm³/mol. The molecule has 1 aliphatic rings. The lowest BCUT2D eigenvalue weighted by Crippen LogP contribution is -2.37. The van der Waals surface area contributed by atoms with Crippen molar-refractivity contribution in [2.24, 2.45) is 0 Å². The molecular weight excluding hydrogens is 202 g/mol. The van der Waals surface area contributed by atoms with E-state index in [1.54, 1.807) is 12.1 Å². The molecule has 0 bridgehead atoms. The van der Waals surface area contributed by atoms with Crippen molar-refractivity contribution in [2.75, 3.05) is 13.2 Å². The molecule has 1 unspecified atom stereocenters. The second kappa shape index (κ2) is 5.87. The second-order valence-electron chi connectivity index (χ2n) is 4.33. The molecule has 3 nitrogen and oxygen atoms in total. The third-order valence-electron chi connectivity index (χ3n) is 2.94. The van der Waals surface area contributed by atoms with Crippen molar-refractivity contribution in [3.8, 4) is 5.75 Å². The summed E-state index contributed by atoms with van der Waals surface area (Å²) in [6.07, 6.45) is 3.81. The summed E-state index contributed by atoms with van der Waals surface area (Å²) in [5, 5.41) is 12.6. The van der Waals surface area contributed by atoms with E-state index in [1.807, 2.05) is 12.1 Å². The molecule has 1 atom stereocenters. The van der Waals surface area contributed by atoms with Crippen LogP contribution >= 0.6 is 0 Å². The third-order valence-corrected chi connectivity index (χ3v) is 2.94. The Kier molecular flexibility index (Phi) is 4.19. The van der Waals surface area contributed by atoms with Gasteiger partial charge in [-0.15, -0.1) is 0 Å². The SMILES string of the molecule is Oc1ccc(COCC2CCCCN2)cc1. The van der Waals surface area contributed by atoms with E-state index < -0.39 is 0 Å². The number of rotatable bonds is 4. The fourth-order valence-corrected chi connectivity index (χ4v) is 1.98. The summed E-state index contributed by atoms with van der Waals surface area (Å²) < 4.78 is 5.65. The van der Waals surface area contributed by atoms with E-state index in [9.17, 15) is 0 Å². The molecule has 0 saturated carbocycles. The number of hydrogen-bond donors (Lipinski definition) is 2. The fraction of sp³-hybridized carbons (Fsp3) is 0.538. The summed E-state index contributed by atoms with van der Waals surface area (Å²) in [4.78, 5) is 0. The molecule has 1 aromatic carbocycles. The first kappa shape index (κ1) is 11.4. The van der Waals surface area contributed by atoms with E-state index >= 15 is 0 Å². The quantitative estimate of drug-likeness (QED) is 0.817. The molecule has 1 aliphatic heterocycles. The van der Waals surface area contributed by atoms with Gasteiger partial charge in [0.25, 0.3) is 0 Å². The lowest BCUT2D eigenvalue weighted by Gasteiger charge is -2.23. The molecule has 0 spiro atoms. The first-order valence-corrected chi connectivity index (χ1v) is 5.93. The average Bonchev–Trinajstić information content (AvgIpc) is 2.33. The summed E-state index contributed by atoms with van der Waals surface area (Å²) in [5.41, 5.74) is 1.11. The largest absolute Gasteiger partial charge is 0.508 e. The third kappa shape index (κ3) is 3.51. The van der Waals surface area contributed by atoms with E-state index in [0.717, 1.165) is 18.7 Å². The highest BCUT2D eigenvalue weighted by Gasteiger charge is 2.11. The van der Waals surface area contributed by atoms with Crippen molar-refractivity contribution in [2.45, 2.75) is 31.9 Å². The maximum Gasteiger partial charge on any atom is 0.115 e. The molecule has 88 valence electrons. The molecule has 2 N–H and O–H groups in total. The lowest BCUT2D eigenvalue weighted by molar-refractivity contribution is 0.0911. The van der Waals surface area contributed by atoms with Crippen molar-refractivity contribution in [1.82, 2.24) is 5.32 Å². The van der Waals surface area contributed by atoms with Crippen LogP contribution in [0.15, 0.2) is 24.3 Å². The number of nitrogens with one attached hydrogen (secondary N) is 1. The van der Waals surface area contributed by atoms with Crippen molar-refractivity contribution >= 4 is 0 Å². The van der Waals surface area contributed by atoms with Crippen molar-refractivity contribution in [3.63, 3.8) is 0 Å². The number of aromatic hydroxyl groups is 1. The van der Waals surface area contributed by atoms with Crippen molar-refractivity contribution < 1.29 is 9.84 Å². The van der Waals surface area contributed by atoms with Gasteiger partial charge >= 0.3 is 0 Å². The monoisotopic (exact) mass is 221 g/mol. The van der Waals surface area contributed by atoms with E-state index in [4.69, 9.17) is 9.84 Å². The molecule has 0 radical (unpaired) electrons. The van der Waals surface area contributed by atoms with Gasteiger partial charge in [-0.1, -0.05) is 18.6 Å². The zero-order valence-electron chi connectivity index (χ0n) is 9.48. The van der Waals surface area contributed by atoms with Crippen molar-refractivity contribution in [1.29, 1.82) is 0 Å². The Morgan fingerprint density at radius 2 is 2.06 bits per heavy atom. The minimum atomic E-state index is 0.303. The first-order valence-electron chi connectivity index (χ1n) is 5.93.